The predicted octanol–water partition coefficient (Wildman–Crippen LogP) is 5.38. The Bertz CT molecular complexity index is 1370. The van der Waals surface area contributed by atoms with Crippen molar-refractivity contribution >= 4 is 17.4 Å². The van der Waals surface area contributed by atoms with E-state index in [2.05, 4.69) is 11.6 Å². The van der Waals surface area contributed by atoms with E-state index in [1.165, 1.54) is 12.1 Å². The molecule has 1 heterocycles. The van der Waals surface area contributed by atoms with Gasteiger partial charge in [-0.3, -0.25) is 9.59 Å². The Kier molecular flexibility index (Phi) is 6.36. The monoisotopic (exact) mass is 451 g/mol. The Labute approximate surface area is 196 Å². The van der Waals surface area contributed by atoms with Crippen molar-refractivity contribution in [2.45, 2.75) is 0 Å². The topological polar surface area (TPSA) is 118 Å². The van der Waals surface area contributed by atoms with Crippen LogP contribution in [-0.2, 0) is 0 Å². The number of allylic oxidation sites excluding steroid dienone is 1. The van der Waals surface area contributed by atoms with Gasteiger partial charge in [-0.15, -0.1) is 0 Å². The third-order valence-corrected chi connectivity index (χ3v) is 4.94. The average molecular weight is 451 g/mol. The summed E-state index contributed by atoms with van der Waals surface area (Å²) < 4.78 is 11.7. The molecule has 34 heavy (non-hydrogen) atoms. The Morgan fingerprint density at radius 1 is 0.824 bits per heavy atom. The van der Waals surface area contributed by atoms with Gasteiger partial charge in [-0.25, -0.2) is 4.98 Å². The fourth-order valence-electron chi connectivity index (χ4n) is 3.23. The number of nitrogens with zero attached hydrogens (tertiary/aromatic N) is 1. The van der Waals surface area contributed by atoms with E-state index in [0.717, 1.165) is 0 Å². The summed E-state index contributed by atoms with van der Waals surface area (Å²) in [5.41, 5.74) is 13.6. The second kappa shape index (κ2) is 9.70. The van der Waals surface area contributed by atoms with Gasteiger partial charge in [0.05, 0.1) is 5.69 Å². The minimum absolute atomic E-state index is 0.0346. The number of rotatable bonds is 8. The number of pyridine rings is 1. The zero-order valence-corrected chi connectivity index (χ0v) is 18.1. The van der Waals surface area contributed by atoms with Crippen LogP contribution in [-0.4, -0.2) is 16.7 Å². The molecule has 0 saturated carbocycles. The maximum Gasteiger partial charge on any atom is 0.254 e. The van der Waals surface area contributed by atoms with Crippen LogP contribution >= 0.6 is 0 Å². The highest BCUT2D eigenvalue weighted by atomic mass is 16.5. The number of aromatic nitrogens is 1. The second-order valence-electron chi connectivity index (χ2n) is 7.27. The summed E-state index contributed by atoms with van der Waals surface area (Å²) in [6.07, 6.45) is 1.22. The zero-order valence-electron chi connectivity index (χ0n) is 18.1. The molecule has 1 aromatic heterocycles. The zero-order chi connectivity index (χ0) is 24.1. The third-order valence-electron chi connectivity index (χ3n) is 4.94. The number of hydrogen-bond donors (Lipinski definition) is 2. The molecular weight excluding hydrogens is 430 g/mol. The van der Waals surface area contributed by atoms with Crippen LogP contribution in [0, 0.1) is 0 Å². The molecule has 0 aliphatic carbocycles. The molecule has 0 aliphatic heterocycles. The molecule has 4 rings (SSSR count). The third kappa shape index (κ3) is 4.94. The van der Waals surface area contributed by atoms with Gasteiger partial charge in [-0.2, -0.15) is 0 Å². The quantitative estimate of drug-likeness (QED) is 0.211. The van der Waals surface area contributed by atoms with Gasteiger partial charge in [-0.05, 0) is 66.7 Å². The van der Waals surface area contributed by atoms with Gasteiger partial charge in [0, 0.05) is 16.8 Å². The molecule has 1 amide bonds. The fourth-order valence-corrected chi connectivity index (χ4v) is 3.23. The smallest absolute Gasteiger partial charge is 0.254 e. The Morgan fingerprint density at radius 2 is 1.47 bits per heavy atom. The van der Waals surface area contributed by atoms with Crippen molar-refractivity contribution in [2.24, 2.45) is 5.73 Å². The molecule has 0 bridgehead atoms. The van der Waals surface area contributed by atoms with Gasteiger partial charge < -0.3 is 20.9 Å². The summed E-state index contributed by atoms with van der Waals surface area (Å²) in [6, 6.07) is 24.2. The molecule has 0 saturated heterocycles. The fraction of sp³-hybridized carbons (Fsp3) is 0. The minimum Gasteiger partial charge on any atom is -0.457 e. The number of carbonyl (C=O) groups is 2. The number of nitrogen functional groups attached to an aromatic ring is 1. The van der Waals surface area contributed by atoms with Crippen molar-refractivity contribution < 1.29 is 19.1 Å². The number of amides is 1. The molecule has 4 N–H and O–H groups in total. The van der Waals surface area contributed by atoms with E-state index in [-0.39, 0.29) is 17.2 Å². The molecule has 0 atom stereocenters. The first kappa shape index (κ1) is 22.3. The summed E-state index contributed by atoms with van der Waals surface area (Å²) in [5, 5.41) is 0. The number of ketones is 1. The largest absolute Gasteiger partial charge is 0.457 e. The van der Waals surface area contributed by atoms with Gasteiger partial charge >= 0.3 is 0 Å². The molecule has 4 aromatic rings. The molecule has 7 nitrogen and oxygen atoms in total. The lowest BCUT2D eigenvalue weighted by Crippen LogP contribution is -2.13. The lowest BCUT2D eigenvalue weighted by atomic mass is 10.0. The number of anilines is 1. The van der Waals surface area contributed by atoms with Gasteiger partial charge in [-0.1, -0.05) is 30.8 Å². The average Bonchev–Trinajstić information content (AvgIpc) is 2.85. The van der Waals surface area contributed by atoms with Crippen LogP contribution in [0.1, 0.15) is 20.7 Å². The predicted molar refractivity (Wildman–Crippen MR) is 130 cm³/mol. The first-order valence-corrected chi connectivity index (χ1v) is 10.3. The van der Waals surface area contributed by atoms with Crippen LogP contribution in [0.25, 0.3) is 11.3 Å². The molecule has 0 aliphatic rings. The Balaban J connectivity index is 1.61. The van der Waals surface area contributed by atoms with E-state index >= 15 is 0 Å². The molecule has 168 valence electrons. The van der Waals surface area contributed by atoms with Crippen LogP contribution in [0.15, 0.2) is 97.6 Å². The van der Waals surface area contributed by atoms with Crippen LogP contribution in [0.2, 0.25) is 0 Å². The van der Waals surface area contributed by atoms with E-state index < -0.39 is 5.91 Å². The number of nitrogens with two attached hydrogens (primary N) is 2. The van der Waals surface area contributed by atoms with E-state index in [1.807, 2.05) is 30.3 Å². The first-order valence-electron chi connectivity index (χ1n) is 10.3. The molecular formula is C27H21N3O4. The summed E-state index contributed by atoms with van der Waals surface area (Å²) >= 11 is 0. The molecule has 3 aromatic carbocycles. The number of ether oxygens (including phenoxy) is 2. The van der Waals surface area contributed by atoms with Crippen LogP contribution in [0.3, 0.4) is 0 Å². The number of primary amides is 1. The maximum atomic E-state index is 11.9. The minimum atomic E-state index is -0.682. The molecule has 0 unspecified atom stereocenters. The second-order valence-corrected chi connectivity index (χ2v) is 7.27. The molecule has 0 spiro atoms. The lowest BCUT2D eigenvalue weighted by molar-refractivity contribution is 0.0996. The number of carbonyl (C=O) groups excluding carboxylic acids is 2. The van der Waals surface area contributed by atoms with Crippen LogP contribution in [0.5, 0.6) is 23.1 Å². The van der Waals surface area contributed by atoms with Crippen molar-refractivity contribution in [1.82, 2.24) is 4.98 Å². The number of para-hydroxylation sites is 1. The van der Waals surface area contributed by atoms with E-state index in [4.69, 9.17) is 20.9 Å². The summed E-state index contributed by atoms with van der Waals surface area (Å²) in [4.78, 5) is 28.3. The summed E-state index contributed by atoms with van der Waals surface area (Å²) in [7, 11) is 0. The van der Waals surface area contributed by atoms with E-state index in [9.17, 15) is 9.59 Å². The molecule has 0 fully saturated rings. The van der Waals surface area contributed by atoms with Crippen LogP contribution < -0.4 is 20.9 Å². The molecule has 0 radical (unpaired) electrons. The summed E-state index contributed by atoms with van der Waals surface area (Å²) in [5.74, 6) is 0.883. The number of benzene rings is 3. The Morgan fingerprint density at radius 3 is 2.09 bits per heavy atom. The highest BCUT2D eigenvalue weighted by molar-refractivity contribution is 6.05. The van der Waals surface area contributed by atoms with E-state index in [1.54, 1.807) is 48.5 Å². The van der Waals surface area contributed by atoms with E-state index in [0.29, 0.717) is 39.8 Å². The highest BCUT2D eigenvalue weighted by Crippen LogP contribution is 2.32. The van der Waals surface area contributed by atoms with Gasteiger partial charge in [0.2, 0.25) is 5.88 Å². The van der Waals surface area contributed by atoms with Gasteiger partial charge in [0.1, 0.15) is 22.8 Å². The first-order chi connectivity index (χ1) is 16.4. The maximum absolute atomic E-state index is 11.9. The van der Waals surface area contributed by atoms with Crippen molar-refractivity contribution in [3.05, 3.63) is 109 Å². The highest BCUT2D eigenvalue weighted by Gasteiger charge is 2.16. The normalized spacial score (nSPS) is 10.4. The SMILES string of the molecule is C=CC(=O)c1ccc(-c2ccc(C(N)=O)c(Oc3ccc(Oc4ccccc4)cc3)n2)c(N)c1. The lowest BCUT2D eigenvalue weighted by Gasteiger charge is -2.12. The standard InChI is InChI=1S/C27H21N3O4/c1-2-25(31)17-8-13-21(23(28)16-17)24-15-14-22(26(29)32)27(30-24)34-20-11-9-19(10-12-20)33-18-6-4-3-5-7-18/h2-16H,1,28H2,(H2,29,32). The van der Waals surface area contributed by atoms with Gasteiger partial charge in [0.15, 0.2) is 5.78 Å². The Hall–Kier alpha value is -4.91. The molecule has 7 heteroatoms. The van der Waals surface area contributed by atoms with Crippen LogP contribution in [0.4, 0.5) is 5.69 Å². The van der Waals surface area contributed by atoms with Gasteiger partial charge in [0.25, 0.3) is 5.91 Å². The van der Waals surface area contributed by atoms with Crippen molar-refractivity contribution in [3.63, 3.8) is 0 Å². The summed E-state index contributed by atoms with van der Waals surface area (Å²) in [6.45, 7) is 3.48. The number of hydrogen-bond acceptors (Lipinski definition) is 6. The van der Waals surface area contributed by atoms with Crippen molar-refractivity contribution in [2.75, 3.05) is 5.73 Å². The van der Waals surface area contributed by atoms with Crippen molar-refractivity contribution in [1.29, 1.82) is 0 Å². The van der Waals surface area contributed by atoms with Crippen molar-refractivity contribution in [3.8, 4) is 34.4 Å².